The van der Waals surface area contributed by atoms with Crippen LogP contribution in [0.4, 0.5) is 11.5 Å². The van der Waals surface area contributed by atoms with E-state index in [4.69, 9.17) is 17.3 Å². The Morgan fingerprint density at radius 2 is 2.29 bits per heavy atom. The summed E-state index contributed by atoms with van der Waals surface area (Å²) in [5, 5.41) is 3.71. The van der Waals surface area contributed by atoms with Gasteiger partial charge in [0.25, 0.3) is 0 Å². The number of pyridine rings is 1. The lowest BCUT2D eigenvalue weighted by Gasteiger charge is -2.20. The predicted octanol–water partition coefficient (Wildman–Crippen LogP) is 2.21. The molecule has 0 saturated heterocycles. The lowest BCUT2D eigenvalue weighted by molar-refractivity contribution is 0.289. The van der Waals surface area contributed by atoms with Crippen molar-refractivity contribution in [1.82, 2.24) is 9.88 Å². The van der Waals surface area contributed by atoms with Gasteiger partial charge in [-0.1, -0.05) is 18.5 Å². The number of nitrogen functional groups attached to an aromatic ring is 1. The van der Waals surface area contributed by atoms with Gasteiger partial charge in [0.15, 0.2) is 5.82 Å². The van der Waals surface area contributed by atoms with Gasteiger partial charge in [-0.25, -0.2) is 4.98 Å². The first-order valence-corrected chi connectivity index (χ1v) is 6.48. The molecule has 0 aliphatic heterocycles. The van der Waals surface area contributed by atoms with Crippen molar-refractivity contribution in [2.24, 2.45) is 0 Å². The van der Waals surface area contributed by atoms with E-state index in [0.717, 1.165) is 25.7 Å². The van der Waals surface area contributed by atoms with Crippen molar-refractivity contribution in [2.75, 3.05) is 30.7 Å². The number of aromatic nitrogens is 1. The van der Waals surface area contributed by atoms with Crippen LogP contribution in [0.15, 0.2) is 12.1 Å². The first-order valence-electron chi connectivity index (χ1n) is 6.10. The van der Waals surface area contributed by atoms with Crippen molar-refractivity contribution in [1.29, 1.82) is 0 Å². The molecule has 0 atom stereocenters. The largest absolute Gasteiger partial charge is 0.396 e. The zero-order chi connectivity index (χ0) is 12.3. The van der Waals surface area contributed by atoms with Crippen LogP contribution in [0.5, 0.6) is 0 Å². The maximum atomic E-state index is 5.83. The highest BCUT2D eigenvalue weighted by molar-refractivity contribution is 6.29. The summed E-state index contributed by atoms with van der Waals surface area (Å²) in [6, 6.07) is 4.27. The fourth-order valence-corrected chi connectivity index (χ4v) is 2.09. The molecular formula is C12H19ClN4. The predicted molar refractivity (Wildman–Crippen MR) is 72.4 cm³/mol. The molecule has 0 amide bonds. The van der Waals surface area contributed by atoms with Gasteiger partial charge in [-0.05, 0) is 31.5 Å². The van der Waals surface area contributed by atoms with Crippen LogP contribution in [0.25, 0.3) is 0 Å². The molecule has 3 N–H and O–H groups in total. The fraction of sp³-hybridized carbons (Fsp3) is 0.583. The van der Waals surface area contributed by atoms with Crippen LogP contribution in [-0.2, 0) is 0 Å². The van der Waals surface area contributed by atoms with Crippen LogP contribution in [-0.4, -0.2) is 35.6 Å². The third kappa shape index (κ3) is 3.48. The monoisotopic (exact) mass is 254 g/mol. The van der Waals surface area contributed by atoms with E-state index in [9.17, 15) is 0 Å². The van der Waals surface area contributed by atoms with Crippen molar-refractivity contribution < 1.29 is 0 Å². The lowest BCUT2D eigenvalue weighted by Crippen LogP contribution is -2.31. The van der Waals surface area contributed by atoms with Crippen LogP contribution in [0.3, 0.4) is 0 Å². The zero-order valence-corrected chi connectivity index (χ0v) is 10.9. The molecule has 1 aliphatic carbocycles. The van der Waals surface area contributed by atoms with E-state index < -0.39 is 0 Å². The summed E-state index contributed by atoms with van der Waals surface area (Å²) in [6.07, 6.45) is 2.68. The van der Waals surface area contributed by atoms with Crippen molar-refractivity contribution in [2.45, 2.75) is 25.8 Å². The SMILES string of the molecule is CCN(CCNc1nc(Cl)ccc1N)C1CC1. The lowest BCUT2D eigenvalue weighted by atomic mass is 10.4. The summed E-state index contributed by atoms with van der Waals surface area (Å²) in [5.74, 6) is 0.685. The van der Waals surface area contributed by atoms with E-state index >= 15 is 0 Å². The Hall–Kier alpha value is -1.00. The standard InChI is InChI=1S/C12H19ClN4/c1-2-17(9-3-4-9)8-7-15-12-10(14)5-6-11(13)16-12/h5-6,9H,2-4,7-8,14H2,1H3,(H,15,16). The number of halogens is 1. The quantitative estimate of drug-likeness (QED) is 0.765. The normalized spacial score (nSPS) is 15.2. The second kappa shape index (κ2) is 5.56. The second-order valence-electron chi connectivity index (χ2n) is 4.36. The minimum Gasteiger partial charge on any atom is -0.396 e. The molecule has 2 rings (SSSR count). The summed E-state index contributed by atoms with van der Waals surface area (Å²) in [5.41, 5.74) is 6.46. The van der Waals surface area contributed by atoms with Gasteiger partial charge in [-0.3, -0.25) is 4.90 Å². The Balaban J connectivity index is 1.82. The minimum absolute atomic E-state index is 0.469. The number of rotatable bonds is 6. The molecule has 1 heterocycles. The maximum absolute atomic E-state index is 5.83. The highest BCUT2D eigenvalue weighted by Crippen LogP contribution is 2.26. The number of nitrogens with zero attached hydrogens (tertiary/aromatic N) is 2. The van der Waals surface area contributed by atoms with Gasteiger partial charge in [0.05, 0.1) is 5.69 Å². The summed E-state index contributed by atoms with van der Waals surface area (Å²) in [6.45, 7) is 5.17. The Labute approximate surface area is 107 Å². The molecule has 1 aromatic heterocycles. The van der Waals surface area contributed by atoms with Gasteiger partial charge < -0.3 is 11.1 Å². The summed E-state index contributed by atoms with van der Waals surface area (Å²) < 4.78 is 0. The average molecular weight is 255 g/mol. The number of hydrogen-bond acceptors (Lipinski definition) is 4. The van der Waals surface area contributed by atoms with Crippen LogP contribution in [0.2, 0.25) is 5.15 Å². The molecule has 5 heteroatoms. The number of nitrogens with one attached hydrogen (secondary N) is 1. The van der Waals surface area contributed by atoms with E-state index in [1.807, 2.05) is 0 Å². The summed E-state index contributed by atoms with van der Waals surface area (Å²) in [4.78, 5) is 6.65. The van der Waals surface area contributed by atoms with Gasteiger partial charge in [0.2, 0.25) is 0 Å². The Morgan fingerprint density at radius 1 is 1.53 bits per heavy atom. The van der Waals surface area contributed by atoms with Crippen molar-refractivity contribution in [3.63, 3.8) is 0 Å². The second-order valence-corrected chi connectivity index (χ2v) is 4.75. The fourth-order valence-electron chi connectivity index (χ4n) is 1.94. The van der Waals surface area contributed by atoms with Crippen molar-refractivity contribution in [3.05, 3.63) is 17.3 Å². The van der Waals surface area contributed by atoms with Crippen LogP contribution < -0.4 is 11.1 Å². The number of likely N-dealkylation sites (N-methyl/N-ethyl adjacent to an activating group) is 1. The topological polar surface area (TPSA) is 54.2 Å². The molecule has 94 valence electrons. The van der Waals surface area contributed by atoms with Gasteiger partial charge in [-0.2, -0.15) is 0 Å². The number of nitrogens with two attached hydrogens (primary N) is 1. The molecular weight excluding hydrogens is 236 g/mol. The first-order chi connectivity index (χ1) is 8.20. The van der Waals surface area contributed by atoms with Gasteiger partial charge in [0.1, 0.15) is 5.15 Å². The van der Waals surface area contributed by atoms with Crippen molar-refractivity contribution in [3.8, 4) is 0 Å². The molecule has 0 bridgehead atoms. The Morgan fingerprint density at radius 3 is 2.94 bits per heavy atom. The van der Waals surface area contributed by atoms with E-state index in [1.54, 1.807) is 12.1 Å². The van der Waals surface area contributed by atoms with Crippen LogP contribution in [0.1, 0.15) is 19.8 Å². The van der Waals surface area contributed by atoms with Gasteiger partial charge in [-0.15, -0.1) is 0 Å². The average Bonchev–Trinajstić information content (AvgIpc) is 3.13. The summed E-state index contributed by atoms with van der Waals surface area (Å²) >= 11 is 5.83. The Kier molecular flexibility index (Phi) is 4.07. The van der Waals surface area contributed by atoms with Crippen LogP contribution in [0, 0.1) is 0 Å². The van der Waals surface area contributed by atoms with Crippen molar-refractivity contribution >= 4 is 23.1 Å². The molecule has 0 spiro atoms. The molecule has 1 aliphatic rings. The van der Waals surface area contributed by atoms with Gasteiger partial charge >= 0.3 is 0 Å². The van der Waals surface area contributed by atoms with E-state index in [1.165, 1.54) is 12.8 Å². The van der Waals surface area contributed by atoms with E-state index in [-0.39, 0.29) is 0 Å². The maximum Gasteiger partial charge on any atom is 0.151 e. The first kappa shape index (κ1) is 12.5. The zero-order valence-electron chi connectivity index (χ0n) is 10.1. The minimum atomic E-state index is 0.469. The third-order valence-electron chi connectivity index (χ3n) is 3.05. The number of anilines is 2. The molecule has 4 nitrogen and oxygen atoms in total. The molecule has 17 heavy (non-hydrogen) atoms. The molecule has 0 radical (unpaired) electrons. The van der Waals surface area contributed by atoms with E-state index in [0.29, 0.717) is 16.7 Å². The smallest absolute Gasteiger partial charge is 0.151 e. The highest BCUT2D eigenvalue weighted by atomic mass is 35.5. The van der Waals surface area contributed by atoms with E-state index in [2.05, 4.69) is 22.1 Å². The van der Waals surface area contributed by atoms with Crippen LogP contribution >= 0.6 is 11.6 Å². The third-order valence-corrected chi connectivity index (χ3v) is 3.26. The molecule has 1 aromatic rings. The molecule has 0 unspecified atom stereocenters. The molecule has 1 fully saturated rings. The molecule has 1 saturated carbocycles. The van der Waals surface area contributed by atoms with Gasteiger partial charge in [0, 0.05) is 19.1 Å². The Bertz CT molecular complexity index is 379. The summed E-state index contributed by atoms with van der Waals surface area (Å²) in [7, 11) is 0. The molecule has 0 aromatic carbocycles. The number of hydrogen-bond donors (Lipinski definition) is 2. The highest BCUT2D eigenvalue weighted by Gasteiger charge is 2.27.